The largest absolute Gasteiger partial charge is 0.479 e. The van der Waals surface area contributed by atoms with Crippen molar-refractivity contribution in [3.63, 3.8) is 0 Å². The molecule has 1 atom stereocenters. The Kier molecular flexibility index (Phi) is 6.07. The Labute approximate surface area is 169 Å². The lowest BCUT2D eigenvalue weighted by Gasteiger charge is -2.36. The van der Waals surface area contributed by atoms with Gasteiger partial charge >= 0.3 is 0 Å². The van der Waals surface area contributed by atoms with Gasteiger partial charge in [-0.2, -0.15) is 0 Å². The molecule has 2 aromatic rings. The number of carbonyl (C=O) groups excluding carboxylic acids is 1. The lowest BCUT2D eigenvalue weighted by atomic mass is 10.2. The number of hydrogen-bond acceptors (Lipinski definition) is 5. The minimum absolute atomic E-state index is 0.0688. The van der Waals surface area contributed by atoms with E-state index in [1.807, 2.05) is 19.9 Å². The topological polar surface area (TPSA) is 58.6 Å². The van der Waals surface area contributed by atoms with Gasteiger partial charge in [-0.05, 0) is 32.9 Å². The number of carbonyl (C=O) groups is 1. The summed E-state index contributed by atoms with van der Waals surface area (Å²) in [4.78, 5) is 25.5. The quantitative estimate of drug-likeness (QED) is 0.774. The fourth-order valence-electron chi connectivity index (χ4n) is 3.09. The highest BCUT2D eigenvalue weighted by molar-refractivity contribution is 6.42. The Morgan fingerprint density at radius 2 is 1.85 bits per heavy atom. The van der Waals surface area contributed by atoms with Crippen LogP contribution in [0.3, 0.4) is 0 Å². The van der Waals surface area contributed by atoms with Crippen molar-refractivity contribution in [2.24, 2.45) is 0 Å². The van der Waals surface area contributed by atoms with Crippen LogP contribution < -0.4 is 9.64 Å². The molecule has 0 radical (unpaired) electrons. The third kappa shape index (κ3) is 4.62. The lowest BCUT2D eigenvalue weighted by Crippen LogP contribution is -2.52. The van der Waals surface area contributed by atoms with Gasteiger partial charge in [0, 0.05) is 37.9 Å². The molecule has 144 valence electrons. The van der Waals surface area contributed by atoms with Crippen LogP contribution in [0, 0.1) is 13.8 Å². The van der Waals surface area contributed by atoms with E-state index >= 15 is 0 Å². The summed E-state index contributed by atoms with van der Waals surface area (Å²) in [5, 5.41) is 0.719. The molecule has 6 nitrogen and oxygen atoms in total. The third-order valence-electron chi connectivity index (χ3n) is 4.44. The van der Waals surface area contributed by atoms with Gasteiger partial charge in [-0.1, -0.05) is 29.3 Å². The smallest absolute Gasteiger partial charge is 0.263 e. The summed E-state index contributed by atoms with van der Waals surface area (Å²) in [7, 11) is 0. The normalized spacial score (nSPS) is 15.6. The van der Waals surface area contributed by atoms with Crippen molar-refractivity contribution in [1.82, 2.24) is 14.9 Å². The number of anilines is 1. The highest BCUT2D eigenvalue weighted by Crippen LogP contribution is 2.32. The van der Waals surface area contributed by atoms with Crippen molar-refractivity contribution in [2.45, 2.75) is 26.9 Å². The molecule has 1 aromatic heterocycles. The number of halogens is 2. The first-order valence-corrected chi connectivity index (χ1v) is 9.57. The molecule has 8 heteroatoms. The molecule has 1 aliphatic rings. The van der Waals surface area contributed by atoms with Gasteiger partial charge in [0.25, 0.3) is 5.91 Å². The third-order valence-corrected chi connectivity index (χ3v) is 5.24. The van der Waals surface area contributed by atoms with Crippen LogP contribution in [0.25, 0.3) is 0 Å². The molecular formula is C19H22Cl2N4O2. The van der Waals surface area contributed by atoms with E-state index in [-0.39, 0.29) is 5.91 Å². The number of piperazine rings is 1. The summed E-state index contributed by atoms with van der Waals surface area (Å²) < 4.78 is 5.74. The average molecular weight is 409 g/mol. The zero-order chi connectivity index (χ0) is 19.6. The summed E-state index contributed by atoms with van der Waals surface area (Å²) >= 11 is 12.1. The van der Waals surface area contributed by atoms with E-state index in [9.17, 15) is 4.79 Å². The first-order valence-electron chi connectivity index (χ1n) is 8.82. The number of rotatable bonds is 4. The summed E-state index contributed by atoms with van der Waals surface area (Å²) in [6.07, 6.45) is -0.643. The lowest BCUT2D eigenvalue weighted by molar-refractivity contribution is -0.138. The van der Waals surface area contributed by atoms with Gasteiger partial charge in [-0.3, -0.25) is 4.79 Å². The van der Waals surface area contributed by atoms with Gasteiger partial charge in [-0.25, -0.2) is 9.97 Å². The second-order valence-electron chi connectivity index (χ2n) is 6.54. The molecule has 0 spiro atoms. The van der Waals surface area contributed by atoms with Crippen LogP contribution in [0.15, 0.2) is 24.3 Å². The average Bonchev–Trinajstić information content (AvgIpc) is 2.64. The van der Waals surface area contributed by atoms with Gasteiger partial charge < -0.3 is 14.5 Å². The molecule has 1 amide bonds. The van der Waals surface area contributed by atoms with Crippen LogP contribution in [-0.4, -0.2) is 53.1 Å². The Bertz CT molecular complexity index is 818. The number of aryl methyl sites for hydroxylation is 2. The molecule has 1 aliphatic heterocycles. The standard InChI is InChI=1S/C19H22Cl2N4O2/c1-12-11-17(23-14(3)22-12)24-7-9-25(10-8-24)19(26)13(2)27-16-6-4-5-15(20)18(16)21/h4-6,11,13H,7-10H2,1-3H3. The summed E-state index contributed by atoms with van der Waals surface area (Å²) in [6, 6.07) is 7.09. The van der Waals surface area contributed by atoms with Gasteiger partial charge in [0.15, 0.2) is 6.10 Å². The fraction of sp³-hybridized carbons (Fsp3) is 0.421. The minimum Gasteiger partial charge on any atom is -0.479 e. The Hall–Kier alpha value is -2.05. The van der Waals surface area contributed by atoms with Crippen molar-refractivity contribution >= 4 is 34.9 Å². The van der Waals surface area contributed by atoms with Crippen LogP contribution in [0.5, 0.6) is 5.75 Å². The Morgan fingerprint density at radius 1 is 1.15 bits per heavy atom. The molecule has 1 saturated heterocycles. The summed E-state index contributed by atoms with van der Waals surface area (Å²) in [6.45, 7) is 8.21. The maximum atomic E-state index is 12.7. The molecule has 0 saturated carbocycles. The first-order chi connectivity index (χ1) is 12.8. The van der Waals surface area contributed by atoms with Gasteiger partial charge in [0.2, 0.25) is 0 Å². The zero-order valence-electron chi connectivity index (χ0n) is 15.6. The van der Waals surface area contributed by atoms with Crippen LogP contribution in [0.2, 0.25) is 10.0 Å². The number of hydrogen-bond donors (Lipinski definition) is 0. The van der Waals surface area contributed by atoms with E-state index in [0.717, 1.165) is 17.3 Å². The number of ether oxygens (including phenoxy) is 1. The highest BCUT2D eigenvalue weighted by atomic mass is 35.5. The van der Waals surface area contributed by atoms with Gasteiger partial charge in [0.05, 0.1) is 5.02 Å². The van der Waals surface area contributed by atoms with Crippen LogP contribution in [-0.2, 0) is 4.79 Å². The maximum Gasteiger partial charge on any atom is 0.263 e. The van der Waals surface area contributed by atoms with Crippen LogP contribution in [0.1, 0.15) is 18.4 Å². The van der Waals surface area contributed by atoms with Crippen molar-refractivity contribution in [3.05, 3.63) is 45.8 Å². The van der Waals surface area contributed by atoms with Crippen LogP contribution in [0.4, 0.5) is 5.82 Å². The second-order valence-corrected chi connectivity index (χ2v) is 7.32. The molecule has 3 rings (SSSR count). The van der Waals surface area contributed by atoms with Crippen molar-refractivity contribution in [3.8, 4) is 5.75 Å². The highest BCUT2D eigenvalue weighted by Gasteiger charge is 2.27. The SMILES string of the molecule is Cc1cc(N2CCN(C(=O)C(C)Oc3cccc(Cl)c3Cl)CC2)nc(C)n1. The van der Waals surface area contributed by atoms with Gasteiger partial charge in [0.1, 0.15) is 22.4 Å². The zero-order valence-corrected chi connectivity index (χ0v) is 17.1. The number of nitrogens with zero attached hydrogens (tertiary/aromatic N) is 4. The van der Waals surface area contributed by atoms with E-state index in [2.05, 4.69) is 14.9 Å². The van der Waals surface area contributed by atoms with Crippen LogP contribution >= 0.6 is 23.2 Å². The molecular weight excluding hydrogens is 387 g/mol. The maximum absolute atomic E-state index is 12.7. The molecule has 1 unspecified atom stereocenters. The Morgan fingerprint density at radius 3 is 2.52 bits per heavy atom. The van der Waals surface area contributed by atoms with E-state index in [0.29, 0.717) is 42.0 Å². The first kappa shape index (κ1) is 19.7. The molecule has 1 fully saturated rings. The molecule has 27 heavy (non-hydrogen) atoms. The van der Waals surface area contributed by atoms with Gasteiger partial charge in [-0.15, -0.1) is 0 Å². The summed E-state index contributed by atoms with van der Waals surface area (Å²) in [5.41, 5.74) is 0.941. The number of amides is 1. The molecule has 0 N–H and O–H groups in total. The molecule has 2 heterocycles. The predicted molar refractivity (Wildman–Crippen MR) is 107 cm³/mol. The summed E-state index contributed by atoms with van der Waals surface area (Å²) in [5.74, 6) is 2.00. The van der Waals surface area contributed by atoms with Crippen molar-refractivity contribution in [1.29, 1.82) is 0 Å². The Balaban J connectivity index is 1.60. The van der Waals surface area contributed by atoms with E-state index in [1.54, 1.807) is 30.0 Å². The second kappa shape index (κ2) is 8.31. The molecule has 1 aromatic carbocycles. The number of benzene rings is 1. The van der Waals surface area contributed by atoms with Crippen molar-refractivity contribution in [2.75, 3.05) is 31.1 Å². The van der Waals surface area contributed by atoms with E-state index in [4.69, 9.17) is 27.9 Å². The predicted octanol–water partition coefficient (Wildman–Crippen LogP) is 3.52. The van der Waals surface area contributed by atoms with E-state index < -0.39 is 6.10 Å². The monoisotopic (exact) mass is 408 g/mol. The number of aromatic nitrogens is 2. The minimum atomic E-state index is -0.643. The van der Waals surface area contributed by atoms with E-state index in [1.165, 1.54) is 0 Å². The molecule has 0 bridgehead atoms. The van der Waals surface area contributed by atoms with Crippen molar-refractivity contribution < 1.29 is 9.53 Å². The fourth-order valence-corrected chi connectivity index (χ4v) is 3.42. The molecule has 0 aliphatic carbocycles.